The van der Waals surface area contributed by atoms with Gasteiger partial charge >= 0.3 is 6.18 Å². The molecule has 0 aromatic carbocycles. The molecule has 140 valence electrons. The van der Waals surface area contributed by atoms with Gasteiger partial charge in [0, 0.05) is 0 Å². The number of halogens is 3. The largest absolute Gasteiger partial charge is 0.391 e. The van der Waals surface area contributed by atoms with E-state index < -0.39 is 30.5 Å². The van der Waals surface area contributed by atoms with Gasteiger partial charge in [0.2, 0.25) is 5.91 Å². The topological polar surface area (TPSA) is 149 Å². The van der Waals surface area contributed by atoms with Crippen molar-refractivity contribution in [3.8, 4) is 0 Å². The lowest BCUT2D eigenvalue weighted by atomic mass is 10.2. The SMILES string of the molecule is Cc1cc(Nc2nc(N[C@H](CC(F)(F)F)C(N)=O)cnc2C(N)=O)sn1. The number of rotatable bonds is 7. The van der Waals surface area contributed by atoms with Crippen LogP contribution in [0.1, 0.15) is 22.6 Å². The normalized spacial score (nSPS) is 12.5. The minimum atomic E-state index is -4.62. The summed E-state index contributed by atoms with van der Waals surface area (Å²) >= 11 is 1.07. The number of nitrogens with zero attached hydrogens (tertiary/aromatic N) is 3. The summed E-state index contributed by atoms with van der Waals surface area (Å²) in [4.78, 5) is 30.5. The molecule has 0 aliphatic rings. The van der Waals surface area contributed by atoms with Gasteiger partial charge in [0.1, 0.15) is 16.9 Å². The van der Waals surface area contributed by atoms with Gasteiger partial charge in [0.15, 0.2) is 11.5 Å². The number of aromatic nitrogens is 3. The maximum absolute atomic E-state index is 12.5. The molecule has 2 rings (SSSR count). The van der Waals surface area contributed by atoms with Crippen LogP contribution < -0.4 is 22.1 Å². The lowest BCUT2D eigenvalue weighted by molar-refractivity contribution is -0.144. The highest BCUT2D eigenvalue weighted by Gasteiger charge is 2.35. The van der Waals surface area contributed by atoms with E-state index in [2.05, 4.69) is 25.0 Å². The van der Waals surface area contributed by atoms with E-state index in [1.54, 1.807) is 13.0 Å². The van der Waals surface area contributed by atoms with Crippen molar-refractivity contribution in [1.82, 2.24) is 14.3 Å². The number of primary amides is 2. The van der Waals surface area contributed by atoms with Gasteiger partial charge < -0.3 is 22.1 Å². The van der Waals surface area contributed by atoms with E-state index in [9.17, 15) is 22.8 Å². The van der Waals surface area contributed by atoms with Gasteiger partial charge in [0.05, 0.1) is 18.3 Å². The molecule has 1 atom stereocenters. The van der Waals surface area contributed by atoms with E-state index >= 15 is 0 Å². The second kappa shape index (κ2) is 7.51. The van der Waals surface area contributed by atoms with E-state index in [1.165, 1.54) is 0 Å². The molecule has 0 saturated carbocycles. The summed E-state index contributed by atoms with van der Waals surface area (Å²) in [5.41, 5.74) is 10.7. The number of nitrogens with one attached hydrogen (secondary N) is 2. The Balaban J connectivity index is 2.30. The van der Waals surface area contributed by atoms with Crippen molar-refractivity contribution in [2.75, 3.05) is 10.6 Å². The summed E-state index contributed by atoms with van der Waals surface area (Å²) < 4.78 is 41.7. The number of aryl methyl sites for hydroxylation is 1. The maximum atomic E-state index is 12.5. The fourth-order valence-corrected chi connectivity index (χ4v) is 2.56. The zero-order valence-corrected chi connectivity index (χ0v) is 14.1. The van der Waals surface area contributed by atoms with Gasteiger partial charge in [-0.25, -0.2) is 9.97 Å². The molecule has 0 spiro atoms. The highest BCUT2D eigenvalue weighted by molar-refractivity contribution is 7.10. The molecule has 0 fully saturated rings. The van der Waals surface area contributed by atoms with Crippen molar-refractivity contribution in [3.05, 3.63) is 23.7 Å². The number of carbonyl (C=O) groups is 2. The standard InChI is InChI=1S/C13H14F3N7O2S/c1-5-2-8(26-23-5)22-12-9(11(18)25)19-4-7(21-12)20-6(10(17)24)3-13(14,15)16/h2,4,6H,3H2,1H3,(H2,17,24)(H2,18,25)(H2,20,21,22)/t6-/m1/s1. The van der Waals surface area contributed by atoms with E-state index in [4.69, 9.17) is 11.5 Å². The van der Waals surface area contributed by atoms with Gasteiger partial charge in [-0.15, -0.1) is 0 Å². The highest BCUT2D eigenvalue weighted by Crippen LogP contribution is 2.25. The lowest BCUT2D eigenvalue weighted by Crippen LogP contribution is -2.39. The van der Waals surface area contributed by atoms with Gasteiger partial charge in [-0.2, -0.15) is 17.5 Å². The zero-order valence-electron chi connectivity index (χ0n) is 13.3. The number of carbonyl (C=O) groups excluding carboxylic acids is 2. The Bertz CT molecular complexity index is 824. The molecule has 0 bridgehead atoms. The Morgan fingerprint density at radius 1 is 1.35 bits per heavy atom. The third-order valence-electron chi connectivity index (χ3n) is 2.98. The zero-order chi connectivity index (χ0) is 19.5. The average molecular weight is 389 g/mol. The smallest absolute Gasteiger partial charge is 0.368 e. The number of anilines is 3. The summed E-state index contributed by atoms with van der Waals surface area (Å²) in [6.45, 7) is 1.74. The predicted molar refractivity (Wildman–Crippen MR) is 88.0 cm³/mol. The number of hydrogen-bond acceptors (Lipinski definition) is 8. The van der Waals surface area contributed by atoms with Crippen LogP contribution in [-0.2, 0) is 4.79 Å². The Morgan fingerprint density at radius 2 is 2.04 bits per heavy atom. The van der Waals surface area contributed by atoms with Crippen LogP contribution in [0, 0.1) is 6.92 Å². The maximum Gasteiger partial charge on any atom is 0.391 e. The van der Waals surface area contributed by atoms with Crippen molar-refractivity contribution in [2.24, 2.45) is 11.5 Å². The fourth-order valence-electron chi connectivity index (χ4n) is 1.90. The first-order valence-corrected chi connectivity index (χ1v) is 7.82. The monoisotopic (exact) mass is 389 g/mol. The van der Waals surface area contributed by atoms with Crippen molar-refractivity contribution in [1.29, 1.82) is 0 Å². The molecule has 9 nitrogen and oxygen atoms in total. The minimum absolute atomic E-state index is 0.0959. The highest BCUT2D eigenvalue weighted by atomic mass is 32.1. The van der Waals surface area contributed by atoms with Crippen molar-refractivity contribution in [3.63, 3.8) is 0 Å². The molecule has 0 saturated heterocycles. The second-order valence-corrected chi connectivity index (χ2v) is 6.00. The van der Waals surface area contributed by atoms with Gasteiger partial charge in [-0.3, -0.25) is 9.59 Å². The molecule has 0 radical (unpaired) electrons. The van der Waals surface area contributed by atoms with E-state index in [0.29, 0.717) is 10.7 Å². The molecule has 13 heteroatoms. The van der Waals surface area contributed by atoms with Gasteiger partial charge in [-0.1, -0.05) is 0 Å². The number of nitrogens with two attached hydrogens (primary N) is 2. The molecule has 6 N–H and O–H groups in total. The van der Waals surface area contributed by atoms with Crippen LogP contribution in [-0.4, -0.2) is 38.4 Å². The molecular weight excluding hydrogens is 375 g/mol. The average Bonchev–Trinajstić information content (AvgIpc) is 2.90. The molecule has 0 aliphatic heterocycles. The molecule has 0 unspecified atom stereocenters. The summed E-state index contributed by atoms with van der Waals surface area (Å²) in [6, 6.07) is -0.0881. The van der Waals surface area contributed by atoms with Crippen LogP contribution in [0.3, 0.4) is 0 Å². The Labute approximate surface area is 149 Å². The molecule has 2 heterocycles. The van der Waals surface area contributed by atoms with Crippen LogP contribution in [0.2, 0.25) is 0 Å². The first-order chi connectivity index (χ1) is 12.0. The summed E-state index contributed by atoms with van der Waals surface area (Å²) in [5.74, 6) is -2.39. The van der Waals surface area contributed by atoms with Crippen molar-refractivity contribution >= 4 is 40.0 Å². The number of hydrogen-bond donors (Lipinski definition) is 4. The lowest BCUT2D eigenvalue weighted by Gasteiger charge is -2.18. The van der Waals surface area contributed by atoms with Crippen LogP contribution >= 0.6 is 11.5 Å². The number of amides is 2. The third-order valence-corrected chi connectivity index (χ3v) is 3.77. The first kappa shape index (κ1) is 19.4. The van der Waals surface area contributed by atoms with E-state index in [-0.39, 0.29) is 17.3 Å². The summed E-state index contributed by atoms with van der Waals surface area (Å²) in [7, 11) is 0. The molecule has 2 aromatic heterocycles. The molecular formula is C13H14F3N7O2S. The van der Waals surface area contributed by atoms with Crippen LogP contribution in [0.4, 0.5) is 29.8 Å². The third kappa shape index (κ3) is 5.27. The van der Waals surface area contributed by atoms with Crippen LogP contribution in [0.15, 0.2) is 12.3 Å². The van der Waals surface area contributed by atoms with Crippen LogP contribution in [0.25, 0.3) is 0 Å². The van der Waals surface area contributed by atoms with Gasteiger partial charge in [0.25, 0.3) is 5.91 Å². The fraction of sp³-hybridized carbons (Fsp3) is 0.308. The summed E-state index contributed by atoms with van der Waals surface area (Å²) in [5, 5.41) is 5.54. The van der Waals surface area contributed by atoms with E-state index in [1.807, 2.05) is 0 Å². The predicted octanol–water partition coefficient (Wildman–Crippen LogP) is 1.30. The first-order valence-electron chi connectivity index (χ1n) is 7.05. The molecule has 2 amide bonds. The quantitative estimate of drug-likeness (QED) is 0.557. The summed E-state index contributed by atoms with van der Waals surface area (Å²) in [6.07, 6.45) is -5.12. The molecule has 2 aromatic rings. The van der Waals surface area contributed by atoms with E-state index in [0.717, 1.165) is 17.7 Å². The van der Waals surface area contributed by atoms with Crippen LogP contribution in [0.5, 0.6) is 0 Å². The Morgan fingerprint density at radius 3 is 2.54 bits per heavy atom. The molecule has 26 heavy (non-hydrogen) atoms. The molecule has 0 aliphatic carbocycles. The van der Waals surface area contributed by atoms with Gasteiger partial charge in [-0.05, 0) is 24.5 Å². The minimum Gasteiger partial charge on any atom is -0.368 e. The Hall–Kier alpha value is -2.96. The second-order valence-electron chi connectivity index (χ2n) is 5.19. The van der Waals surface area contributed by atoms with Crippen molar-refractivity contribution in [2.45, 2.75) is 25.6 Å². The Kier molecular flexibility index (Phi) is 5.59. The number of alkyl halides is 3. The van der Waals surface area contributed by atoms with Crippen molar-refractivity contribution < 1.29 is 22.8 Å².